The molecule has 0 fully saturated rings. The van der Waals surface area contributed by atoms with Crippen LogP contribution in [0.5, 0.6) is 0 Å². The normalized spacial score (nSPS) is 12.4. The number of sulfonamides is 1. The number of fused-ring (bicyclic) bond motifs is 1. The van der Waals surface area contributed by atoms with Gasteiger partial charge < -0.3 is 4.42 Å². The molecule has 0 saturated carbocycles. The zero-order valence-electron chi connectivity index (χ0n) is 10.4. The molecule has 2 aromatic rings. The first kappa shape index (κ1) is 13.4. The Balaban J connectivity index is 2.50. The predicted octanol–water partition coefficient (Wildman–Crippen LogP) is 2.19. The van der Waals surface area contributed by atoms with E-state index < -0.39 is 10.0 Å². The van der Waals surface area contributed by atoms with Crippen molar-refractivity contribution in [3.63, 3.8) is 0 Å². The van der Waals surface area contributed by atoms with Crippen molar-refractivity contribution in [1.29, 1.82) is 0 Å². The van der Waals surface area contributed by atoms with E-state index >= 15 is 0 Å². The Morgan fingerprint density at radius 1 is 1.39 bits per heavy atom. The first-order chi connectivity index (χ1) is 8.45. The van der Waals surface area contributed by atoms with Crippen LogP contribution in [0.2, 0.25) is 0 Å². The quantitative estimate of drug-likeness (QED) is 0.806. The van der Waals surface area contributed by atoms with Crippen LogP contribution in [0.25, 0.3) is 11.1 Å². The summed E-state index contributed by atoms with van der Waals surface area (Å²) in [6.45, 7) is 2.00. The SMILES string of the molecule is CCSc1nc2cc(S(=O)(=O)N(C)C)ccc2o1. The van der Waals surface area contributed by atoms with Crippen molar-refractivity contribution in [3.05, 3.63) is 18.2 Å². The van der Waals surface area contributed by atoms with Gasteiger partial charge in [0, 0.05) is 14.1 Å². The highest BCUT2D eigenvalue weighted by Gasteiger charge is 2.18. The second-order valence-corrected chi connectivity index (χ2v) is 7.20. The monoisotopic (exact) mass is 286 g/mol. The van der Waals surface area contributed by atoms with Gasteiger partial charge in [0.15, 0.2) is 5.58 Å². The van der Waals surface area contributed by atoms with E-state index in [0.717, 1.165) is 5.75 Å². The second kappa shape index (κ2) is 4.91. The van der Waals surface area contributed by atoms with E-state index in [-0.39, 0.29) is 4.90 Å². The number of oxazole rings is 1. The highest BCUT2D eigenvalue weighted by atomic mass is 32.2. The van der Waals surface area contributed by atoms with Gasteiger partial charge in [-0.05, 0) is 24.0 Å². The lowest BCUT2D eigenvalue weighted by molar-refractivity contribution is 0.489. The van der Waals surface area contributed by atoms with Crippen LogP contribution in [-0.4, -0.2) is 37.6 Å². The van der Waals surface area contributed by atoms with Crippen LogP contribution in [-0.2, 0) is 10.0 Å². The summed E-state index contributed by atoms with van der Waals surface area (Å²) < 4.78 is 30.6. The molecule has 1 heterocycles. The Bertz CT molecular complexity index is 662. The summed E-state index contributed by atoms with van der Waals surface area (Å²) in [5.74, 6) is 0.857. The number of thioether (sulfide) groups is 1. The fourth-order valence-electron chi connectivity index (χ4n) is 1.44. The summed E-state index contributed by atoms with van der Waals surface area (Å²) in [7, 11) is -0.425. The van der Waals surface area contributed by atoms with Crippen LogP contribution in [0.15, 0.2) is 32.7 Å². The first-order valence-electron chi connectivity index (χ1n) is 5.41. The van der Waals surface area contributed by atoms with Gasteiger partial charge in [0.2, 0.25) is 10.0 Å². The topological polar surface area (TPSA) is 63.4 Å². The average molecular weight is 286 g/mol. The molecule has 0 aliphatic carbocycles. The third kappa shape index (κ3) is 2.38. The number of rotatable bonds is 4. The summed E-state index contributed by atoms with van der Waals surface area (Å²) in [6.07, 6.45) is 0. The molecule has 0 aliphatic rings. The van der Waals surface area contributed by atoms with E-state index in [4.69, 9.17) is 4.42 Å². The van der Waals surface area contributed by atoms with Gasteiger partial charge in [-0.2, -0.15) is 0 Å². The molecule has 18 heavy (non-hydrogen) atoms. The molecule has 0 bridgehead atoms. The van der Waals surface area contributed by atoms with Gasteiger partial charge in [0.1, 0.15) is 5.52 Å². The van der Waals surface area contributed by atoms with Crippen LogP contribution in [0.3, 0.4) is 0 Å². The third-order valence-electron chi connectivity index (χ3n) is 2.39. The number of nitrogens with zero attached hydrogens (tertiary/aromatic N) is 2. The molecule has 2 rings (SSSR count). The van der Waals surface area contributed by atoms with Gasteiger partial charge in [-0.25, -0.2) is 17.7 Å². The molecular weight excluding hydrogens is 272 g/mol. The Morgan fingerprint density at radius 2 is 2.11 bits per heavy atom. The third-order valence-corrected chi connectivity index (χ3v) is 4.91. The van der Waals surface area contributed by atoms with Crippen LogP contribution >= 0.6 is 11.8 Å². The Morgan fingerprint density at radius 3 is 2.72 bits per heavy atom. The molecule has 98 valence electrons. The minimum Gasteiger partial charge on any atom is -0.431 e. The standard InChI is InChI=1S/C11H14N2O3S2/c1-4-17-11-12-9-7-8(5-6-10(9)16-11)18(14,15)13(2)3/h5-7H,4H2,1-3H3. The largest absolute Gasteiger partial charge is 0.431 e. The predicted molar refractivity (Wildman–Crippen MR) is 71.3 cm³/mol. The molecule has 0 N–H and O–H groups in total. The molecular formula is C11H14N2O3S2. The summed E-state index contributed by atoms with van der Waals surface area (Å²) in [5, 5.41) is 0.562. The average Bonchev–Trinajstić information content (AvgIpc) is 2.70. The van der Waals surface area contributed by atoms with Crippen molar-refractivity contribution in [3.8, 4) is 0 Å². The van der Waals surface area contributed by atoms with Gasteiger partial charge in [0.25, 0.3) is 5.22 Å². The van der Waals surface area contributed by atoms with Crippen LogP contribution in [0.4, 0.5) is 0 Å². The van der Waals surface area contributed by atoms with Gasteiger partial charge in [-0.1, -0.05) is 18.7 Å². The molecule has 0 saturated heterocycles. The lowest BCUT2D eigenvalue weighted by atomic mass is 10.3. The fourth-order valence-corrected chi connectivity index (χ4v) is 2.92. The number of aromatic nitrogens is 1. The maximum atomic E-state index is 12.0. The molecule has 0 radical (unpaired) electrons. The van der Waals surface area contributed by atoms with Crippen molar-refractivity contribution in [2.45, 2.75) is 17.0 Å². The molecule has 0 unspecified atom stereocenters. The van der Waals surface area contributed by atoms with Gasteiger partial charge in [0.05, 0.1) is 4.90 Å². The van der Waals surface area contributed by atoms with Crippen LogP contribution in [0, 0.1) is 0 Å². The highest BCUT2D eigenvalue weighted by Crippen LogP contribution is 2.25. The summed E-state index contributed by atoms with van der Waals surface area (Å²) in [5.41, 5.74) is 1.16. The molecule has 0 spiro atoms. The summed E-state index contributed by atoms with van der Waals surface area (Å²) in [6, 6.07) is 4.70. The Labute approximate surface area is 110 Å². The zero-order valence-corrected chi connectivity index (χ0v) is 12.0. The van der Waals surface area contributed by atoms with Crippen LogP contribution in [0.1, 0.15) is 6.92 Å². The maximum Gasteiger partial charge on any atom is 0.256 e. The lowest BCUT2D eigenvalue weighted by Crippen LogP contribution is -2.22. The zero-order chi connectivity index (χ0) is 13.3. The van der Waals surface area contributed by atoms with E-state index in [1.54, 1.807) is 6.07 Å². The van der Waals surface area contributed by atoms with Gasteiger partial charge in [-0.15, -0.1) is 0 Å². The molecule has 1 aromatic carbocycles. The van der Waals surface area contributed by atoms with Crippen molar-refractivity contribution in [1.82, 2.24) is 9.29 Å². The van der Waals surface area contributed by atoms with Crippen molar-refractivity contribution >= 4 is 32.9 Å². The van der Waals surface area contributed by atoms with Gasteiger partial charge in [-0.3, -0.25) is 0 Å². The van der Waals surface area contributed by atoms with E-state index in [1.165, 1.54) is 42.3 Å². The highest BCUT2D eigenvalue weighted by molar-refractivity contribution is 7.99. The molecule has 0 atom stereocenters. The number of hydrogen-bond acceptors (Lipinski definition) is 5. The number of hydrogen-bond donors (Lipinski definition) is 0. The Kier molecular flexibility index (Phi) is 3.65. The number of benzene rings is 1. The molecule has 7 heteroatoms. The minimum absolute atomic E-state index is 0.223. The summed E-state index contributed by atoms with van der Waals surface area (Å²) in [4.78, 5) is 4.47. The van der Waals surface area contributed by atoms with Crippen molar-refractivity contribution < 1.29 is 12.8 Å². The van der Waals surface area contributed by atoms with Gasteiger partial charge >= 0.3 is 0 Å². The van der Waals surface area contributed by atoms with Crippen molar-refractivity contribution in [2.24, 2.45) is 0 Å². The molecule has 0 amide bonds. The molecule has 1 aromatic heterocycles. The lowest BCUT2D eigenvalue weighted by Gasteiger charge is -2.10. The van der Waals surface area contributed by atoms with E-state index in [0.29, 0.717) is 16.3 Å². The second-order valence-electron chi connectivity index (χ2n) is 3.83. The van der Waals surface area contributed by atoms with Crippen LogP contribution < -0.4 is 0 Å². The van der Waals surface area contributed by atoms with E-state index in [2.05, 4.69) is 4.98 Å². The summed E-state index contributed by atoms with van der Waals surface area (Å²) >= 11 is 1.48. The first-order valence-corrected chi connectivity index (χ1v) is 7.83. The van der Waals surface area contributed by atoms with E-state index in [9.17, 15) is 8.42 Å². The molecule has 5 nitrogen and oxygen atoms in total. The molecule has 0 aliphatic heterocycles. The van der Waals surface area contributed by atoms with E-state index in [1.807, 2.05) is 6.92 Å². The maximum absolute atomic E-state index is 12.0. The minimum atomic E-state index is -3.43. The smallest absolute Gasteiger partial charge is 0.256 e. The Hall–Kier alpha value is -1.05. The van der Waals surface area contributed by atoms with Crippen molar-refractivity contribution in [2.75, 3.05) is 19.8 Å². The fraction of sp³-hybridized carbons (Fsp3) is 0.364.